The van der Waals surface area contributed by atoms with Crippen molar-refractivity contribution in [3.05, 3.63) is 90.2 Å². The molecule has 5 nitrogen and oxygen atoms in total. The molecular formula is C24H24N4O. The predicted octanol–water partition coefficient (Wildman–Crippen LogP) is 4.33. The molecule has 2 aliphatic rings. The van der Waals surface area contributed by atoms with Crippen molar-refractivity contribution in [2.75, 3.05) is 38.1 Å². The van der Waals surface area contributed by atoms with Crippen molar-refractivity contribution in [3.8, 4) is 0 Å². The van der Waals surface area contributed by atoms with Gasteiger partial charge in [0.25, 0.3) is 0 Å². The van der Waals surface area contributed by atoms with E-state index in [0.29, 0.717) is 5.89 Å². The Labute approximate surface area is 170 Å². The molecule has 1 saturated heterocycles. The number of fused-ring (bicyclic) bond motifs is 1. The normalized spacial score (nSPS) is 19.2. The number of likely N-dealkylation sites (N-methyl/N-ethyl adjacent to an activating group) is 1. The van der Waals surface area contributed by atoms with Crippen LogP contribution < -0.4 is 4.90 Å². The van der Waals surface area contributed by atoms with Crippen LogP contribution >= 0.6 is 0 Å². The molecule has 1 aromatic heterocycles. The highest BCUT2D eigenvalue weighted by atomic mass is 16.3. The van der Waals surface area contributed by atoms with Gasteiger partial charge in [-0.2, -0.15) is 0 Å². The lowest BCUT2D eigenvalue weighted by molar-refractivity contribution is 0.184. The van der Waals surface area contributed by atoms with Crippen molar-refractivity contribution in [1.82, 2.24) is 14.8 Å². The summed E-state index contributed by atoms with van der Waals surface area (Å²) >= 11 is 0. The number of para-hydroxylation sites is 3. The summed E-state index contributed by atoms with van der Waals surface area (Å²) in [6, 6.07) is 18.4. The average Bonchev–Trinajstić information content (AvgIpc) is 3.17. The van der Waals surface area contributed by atoms with Crippen molar-refractivity contribution >= 4 is 22.9 Å². The zero-order valence-electron chi connectivity index (χ0n) is 16.5. The van der Waals surface area contributed by atoms with Gasteiger partial charge in [-0.05, 0) is 49.0 Å². The lowest BCUT2D eigenvalue weighted by atomic mass is 10.1. The van der Waals surface area contributed by atoms with E-state index >= 15 is 0 Å². The summed E-state index contributed by atoms with van der Waals surface area (Å²) in [5.74, 6) is 1.82. The summed E-state index contributed by atoms with van der Waals surface area (Å²) in [6.45, 7) is 4.15. The van der Waals surface area contributed by atoms with Crippen LogP contribution in [0.15, 0.2) is 88.8 Å². The molecule has 146 valence electrons. The maximum Gasteiger partial charge on any atom is 0.220 e. The fourth-order valence-electron chi connectivity index (χ4n) is 3.77. The molecule has 0 radical (unpaired) electrons. The Kier molecular flexibility index (Phi) is 4.66. The molecule has 5 heteroatoms. The molecule has 0 atom stereocenters. The standard InChI is InChI=1S/C24H24N4O/c1-26-13-15-27(16-14-26)24-18-19(11-12-28(24)20-7-3-2-4-8-20)17-23-25-21-9-5-6-10-22(21)29-23/h2-12,17-18H,13-16H2,1H3. The monoisotopic (exact) mass is 384 g/mol. The van der Waals surface area contributed by atoms with Crippen LogP contribution in [0.2, 0.25) is 0 Å². The second kappa shape index (κ2) is 7.60. The third-order valence-electron chi connectivity index (χ3n) is 5.42. The number of anilines is 1. The van der Waals surface area contributed by atoms with Gasteiger partial charge in [-0.25, -0.2) is 4.98 Å². The molecule has 0 amide bonds. The van der Waals surface area contributed by atoms with Gasteiger partial charge in [0, 0.05) is 44.1 Å². The van der Waals surface area contributed by atoms with Crippen molar-refractivity contribution in [2.45, 2.75) is 0 Å². The van der Waals surface area contributed by atoms with Gasteiger partial charge in [-0.3, -0.25) is 0 Å². The number of hydrogen-bond donors (Lipinski definition) is 0. The molecule has 3 aromatic rings. The average molecular weight is 384 g/mol. The summed E-state index contributed by atoms with van der Waals surface area (Å²) in [4.78, 5) is 11.7. The lowest BCUT2D eigenvalue weighted by Gasteiger charge is -2.40. The van der Waals surface area contributed by atoms with Crippen molar-refractivity contribution in [3.63, 3.8) is 0 Å². The zero-order chi connectivity index (χ0) is 19.6. The highest BCUT2D eigenvalue weighted by molar-refractivity contribution is 5.74. The van der Waals surface area contributed by atoms with E-state index < -0.39 is 0 Å². The maximum atomic E-state index is 5.89. The molecule has 2 aliphatic heterocycles. The molecule has 0 aliphatic carbocycles. The highest BCUT2D eigenvalue weighted by Crippen LogP contribution is 2.29. The van der Waals surface area contributed by atoms with E-state index in [1.807, 2.05) is 30.3 Å². The van der Waals surface area contributed by atoms with E-state index in [1.54, 1.807) is 0 Å². The Morgan fingerprint density at radius 3 is 2.48 bits per heavy atom. The molecular weight excluding hydrogens is 360 g/mol. The van der Waals surface area contributed by atoms with E-state index in [-0.39, 0.29) is 0 Å². The van der Waals surface area contributed by atoms with Crippen LogP contribution in [0.4, 0.5) is 5.69 Å². The molecule has 0 saturated carbocycles. The fourth-order valence-corrected chi connectivity index (χ4v) is 3.77. The van der Waals surface area contributed by atoms with Gasteiger partial charge in [-0.1, -0.05) is 30.3 Å². The third-order valence-corrected chi connectivity index (χ3v) is 5.42. The molecule has 2 aromatic carbocycles. The number of benzene rings is 2. The van der Waals surface area contributed by atoms with Gasteiger partial charge in [0.05, 0.1) is 0 Å². The summed E-state index contributed by atoms with van der Waals surface area (Å²) in [6.07, 6.45) is 8.49. The van der Waals surface area contributed by atoms with Crippen molar-refractivity contribution < 1.29 is 4.42 Å². The van der Waals surface area contributed by atoms with E-state index in [4.69, 9.17) is 4.42 Å². The summed E-state index contributed by atoms with van der Waals surface area (Å²) in [7, 11) is 2.18. The number of piperazine rings is 1. The molecule has 0 bridgehead atoms. The first kappa shape index (κ1) is 17.8. The summed E-state index contributed by atoms with van der Waals surface area (Å²) < 4.78 is 5.89. The smallest absolute Gasteiger partial charge is 0.220 e. The number of nitrogens with zero attached hydrogens (tertiary/aromatic N) is 4. The van der Waals surface area contributed by atoms with Crippen LogP contribution in [0.1, 0.15) is 5.89 Å². The quantitative estimate of drug-likeness (QED) is 0.672. The minimum Gasteiger partial charge on any atom is -0.437 e. The first-order valence-electron chi connectivity index (χ1n) is 10.0. The molecule has 5 rings (SSSR count). The fraction of sp³-hybridized carbons (Fsp3) is 0.208. The molecule has 3 heterocycles. The first-order valence-corrected chi connectivity index (χ1v) is 10.0. The van der Waals surface area contributed by atoms with E-state index in [0.717, 1.165) is 48.5 Å². The number of aromatic nitrogens is 1. The van der Waals surface area contributed by atoms with Gasteiger partial charge >= 0.3 is 0 Å². The van der Waals surface area contributed by atoms with Crippen LogP contribution in [0.25, 0.3) is 17.2 Å². The first-order chi connectivity index (χ1) is 14.3. The Bertz CT molecular complexity index is 1060. The second-order valence-electron chi connectivity index (χ2n) is 7.48. The third kappa shape index (κ3) is 3.69. The number of hydrogen-bond acceptors (Lipinski definition) is 5. The Balaban J connectivity index is 1.50. The van der Waals surface area contributed by atoms with E-state index in [2.05, 4.69) is 75.4 Å². The number of rotatable bonds is 3. The van der Waals surface area contributed by atoms with Gasteiger partial charge in [0.2, 0.25) is 5.89 Å². The van der Waals surface area contributed by atoms with Gasteiger partial charge < -0.3 is 19.1 Å². The SMILES string of the molecule is CN1CCN(C2=CC(=Cc3nc4ccccc4o3)C=CN2c2ccccc2)CC1. The minimum atomic E-state index is 0.632. The zero-order valence-corrected chi connectivity index (χ0v) is 16.5. The van der Waals surface area contributed by atoms with Gasteiger partial charge in [0.15, 0.2) is 5.58 Å². The van der Waals surface area contributed by atoms with E-state index in [1.165, 1.54) is 5.82 Å². The number of allylic oxidation sites excluding steroid dienone is 3. The molecule has 0 unspecified atom stereocenters. The van der Waals surface area contributed by atoms with Crippen LogP contribution in [0.5, 0.6) is 0 Å². The largest absolute Gasteiger partial charge is 0.437 e. The summed E-state index contributed by atoms with van der Waals surface area (Å²) in [5.41, 5.74) is 3.94. The lowest BCUT2D eigenvalue weighted by Crippen LogP contribution is -2.47. The molecule has 29 heavy (non-hydrogen) atoms. The molecule has 1 fully saturated rings. The Morgan fingerprint density at radius 1 is 0.931 bits per heavy atom. The topological polar surface area (TPSA) is 35.8 Å². The van der Waals surface area contributed by atoms with Crippen LogP contribution in [-0.2, 0) is 0 Å². The second-order valence-corrected chi connectivity index (χ2v) is 7.48. The van der Waals surface area contributed by atoms with Crippen molar-refractivity contribution in [2.24, 2.45) is 0 Å². The van der Waals surface area contributed by atoms with Gasteiger partial charge in [0.1, 0.15) is 11.3 Å². The highest BCUT2D eigenvalue weighted by Gasteiger charge is 2.23. The minimum absolute atomic E-state index is 0.632. The summed E-state index contributed by atoms with van der Waals surface area (Å²) in [5, 5.41) is 0. The number of oxazole rings is 1. The predicted molar refractivity (Wildman–Crippen MR) is 117 cm³/mol. The Hall–Kier alpha value is -3.31. The van der Waals surface area contributed by atoms with Crippen LogP contribution in [0, 0.1) is 0 Å². The van der Waals surface area contributed by atoms with Gasteiger partial charge in [-0.15, -0.1) is 0 Å². The molecule has 0 spiro atoms. The van der Waals surface area contributed by atoms with Crippen LogP contribution in [-0.4, -0.2) is 48.0 Å². The molecule has 0 N–H and O–H groups in total. The van der Waals surface area contributed by atoms with Crippen molar-refractivity contribution in [1.29, 1.82) is 0 Å². The maximum absolute atomic E-state index is 5.89. The Morgan fingerprint density at radius 2 is 1.69 bits per heavy atom. The van der Waals surface area contributed by atoms with E-state index in [9.17, 15) is 0 Å². The van der Waals surface area contributed by atoms with Crippen LogP contribution in [0.3, 0.4) is 0 Å².